The Hall–Kier alpha value is -1.53. The molecule has 1 aromatic heterocycles. The minimum Gasteiger partial charge on any atom is -0.393 e. The van der Waals surface area contributed by atoms with Crippen molar-refractivity contribution in [2.45, 2.75) is 12.5 Å². The molecule has 0 saturated carbocycles. The van der Waals surface area contributed by atoms with Crippen molar-refractivity contribution in [1.82, 2.24) is 10.3 Å². The van der Waals surface area contributed by atoms with Crippen molar-refractivity contribution in [2.24, 2.45) is 0 Å². The van der Waals surface area contributed by atoms with Crippen molar-refractivity contribution < 1.29 is 19.4 Å². The van der Waals surface area contributed by atoms with E-state index in [1.807, 2.05) is 0 Å². The quantitative estimate of drug-likeness (QED) is 0.617. The summed E-state index contributed by atoms with van der Waals surface area (Å²) in [5, 5.41) is 20.6. The zero-order valence-electron chi connectivity index (χ0n) is 8.77. The van der Waals surface area contributed by atoms with Gasteiger partial charge < -0.3 is 15.5 Å². The molecule has 3 N–H and O–H groups in total. The molecule has 1 atom stereocenters. The first-order valence-electron chi connectivity index (χ1n) is 4.67. The number of aliphatic hydroxyl groups excluding tert-OH is 1. The maximum atomic E-state index is 12.5. The van der Waals surface area contributed by atoms with Gasteiger partial charge in [-0.3, -0.25) is 4.79 Å². The van der Waals surface area contributed by atoms with Gasteiger partial charge in [-0.05, 0) is 19.1 Å². The van der Waals surface area contributed by atoms with Gasteiger partial charge in [-0.2, -0.15) is 4.39 Å². The van der Waals surface area contributed by atoms with Crippen LogP contribution in [0.1, 0.15) is 17.3 Å². The highest BCUT2D eigenvalue weighted by Gasteiger charge is 2.20. The zero-order valence-corrected chi connectivity index (χ0v) is 8.77. The van der Waals surface area contributed by atoms with E-state index in [-0.39, 0.29) is 12.1 Å². The van der Waals surface area contributed by atoms with Crippen LogP contribution in [-0.4, -0.2) is 39.9 Å². The summed E-state index contributed by atoms with van der Waals surface area (Å²) in [6.07, 6.45) is 1.10. The van der Waals surface area contributed by atoms with E-state index in [0.717, 1.165) is 12.3 Å². The molecule has 0 fully saturated rings. The number of pyridine rings is 1. The number of carbonyl (C=O) groups is 1. The first-order valence-corrected chi connectivity index (χ1v) is 4.67. The van der Waals surface area contributed by atoms with Crippen molar-refractivity contribution >= 4 is 5.91 Å². The molecule has 1 aromatic rings. The monoisotopic (exact) mass is 228 g/mol. The number of nitrogens with one attached hydrogen (secondary N) is 1. The number of amides is 1. The fourth-order valence-electron chi connectivity index (χ4n) is 0.939. The molecular formula is C10H13FN2O3. The van der Waals surface area contributed by atoms with Crippen LogP contribution in [0.5, 0.6) is 0 Å². The van der Waals surface area contributed by atoms with Crippen molar-refractivity contribution in [1.29, 1.82) is 0 Å². The smallest absolute Gasteiger partial charge is 0.252 e. The van der Waals surface area contributed by atoms with E-state index in [0.29, 0.717) is 0 Å². The average Bonchev–Trinajstić information content (AvgIpc) is 2.27. The summed E-state index contributed by atoms with van der Waals surface area (Å²) in [5.41, 5.74) is -1.18. The van der Waals surface area contributed by atoms with Gasteiger partial charge in [-0.25, -0.2) is 4.98 Å². The molecule has 0 aliphatic heterocycles. The van der Waals surface area contributed by atoms with E-state index in [1.165, 1.54) is 13.0 Å². The second-order valence-electron chi connectivity index (χ2n) is 3.71. The molecule has 0 aromatic carbocycles. The molecule has 1 rings (SSSR count). The number of halogens is 1. The lowest BCUT2D eigenvalue weighted by atomic mass is 10.1. The third-order valence-corrected chi connectivity index (χ3v) is 1.96. The van der Waals surface area contributed by atoms with E-state index in [4.69, 9.17) is 5.11 Å². The molecule has 5 nitrogen and oxygen atoms in total. The van der Waals surface area contributed by atoms with Crippen molar-refractivity contribution in [2.75, 3.05) is 13.2 Å². The summed E-state index contributed by atoms with van der Waals surface area (Å²) < 4.78 is 12.5. The lowest BCUT2D eigenvalue weighted by Gasteiger charge is -2.20. The summed E-state index contributed by atoms with van der Waals surface area (Å²) in [6.45, 7) is 0.824. The van der Waals surface area contributed by atoms with E-state index < -0.39 is 24.1 Å². The fourth-order valence-corrected chi connectivity index (χ4v) is 0.939. The number of carbonyl (C=O) groups excluding carboxylic acids is 1. The summed E-state index contributed by atoms with van der Waals surface area (Å²) in [5.74, 6) is -1.15. The topological polar surface area (TPSA) is 82.5 Å². The molecule has 6 heteroatoms. The largest absolute Gasteiger partial charge is 0.393 e. The predicted molar refractivity (Wildman–Crippen MR) is 54.2 cm³/mol. The van der Waals surface area contributed by atoms with Gasteiger partial charge in [0.15, 0.2) is 0 Å². The van der Waals surface area contributed by atoms with Gasteiger partial charge in [0.25, 0.3) is 5.91 Å². The van der Waals surface area contributed by atoms with Gasteiger partial charge in [-0.1, -0.05) is 0 Å². The number of hydrogen-bond donors (Lipinski definition) is 3. The van der Waals surface area contributed by atoms with Gasteiger partial charge in [0.05, 0.1) is 12.2 Å². The lowest BCUT2D eigenvalue weighted by Crippen LogP contribution is -2.43. The van der Waals surface area contributed by atoms with Crippen molar-refractivity contribution in [3.63, 3.8) is 0 Å². The van der Waals surface area contributed by atoms with Gasteiger partial charge in [0.2, 0.25) is 5.95 Å². The minimum atomic E-state index is -1.37. The Kier molecular flexibility index (Phi) is 3.92. The molecule has 0 radical (unpaired) electrons. The maximum absolute atomic E-state index is 12.5. The summed E-state index contributed by atoms with van der Waals surface area (Å²) in [4.78, 5) is 14.8. The minimum absolute atomic E-state index is 0.0975. The molecule has 0 aliphatic rings. The van der Waals surface area contributed by atoms with Gasteiger partial charge in [0.1, 0.15) is 5.60 Å². The van der Waals surface area contributed by atoms with Crippen LogP contribution in [-0.2, 0) is 0 Å². The first-order chi connectivity index (χ1) is 7.44. The summed E-state index contributed by atoms with van der Waals surface area (Å²) in [6, 6.07) is 2.35. The van der Waals surface area contributed by atoms with Crippen LogP contribution in [0.3, 0.4) is 0 Å². The number of rotatable bonds is 4. The van der Waals surface area contributed by atoms with Crippen LogP contribution in [0, 0.1) is 5.95 Å². The molecule has 0 aliphatic carbocycles. The first kappa shape index (κ1) is 12.5. The van der Waals surface area contributed by atoms with Crippen molar-refractivity contribution in [3.05, 3.63) is 29.8 Å². The second-order valence-corrected chi connectivity index (χ2v) is 3.71. The lowest BCUT2D eigenvalue weighted by molar-refractivity contribution is 0.00319. The SMILES string of the molecule is CC(O)(CO)CNC(=O)c1ccc(F)nc1. The highest BCUT2D eigenvalue weighted by molar-refractivity contribution is 5.93. The zero-order chi connectivity index (χ0) is 12.2. The number of aromatic nitrogens is 1. The summed E-state index contributed by atoms with van der Waals surface area (Å²) in [7, 11) is 0. The summed E-state index contributed by atoms with van der Waals surface area (Å²) >= 11 is 0. The van der Waals surface area contributed by atoms with Crippen molar-refractivity contribution in [3.8, 4) is 0 Å². The highest BCUT2D eigenvalue weighted by Crippen LogP contribution is 2.02. The van der Waals surface area contributed by atoms with Gasteiger partial charge in [0, 0.05) is 12.7 Å². The third-order valence-electron chi connectivity index (χ3n) is 1.96. The Morgan fingerprint density at radius 1 is 1.62 bits per heavy atom. The average molecular weight is 228 g/mol. The highest BCUT2D eigenvalue weighted by atomic mass is 19.1. The Labute approximate surface area is 91.9 Å². The molecule has 16 heavy (non-hydrogen) atoms. The normalized spacial score (nSPS) is 14.2. The third kappa shape index (κ3) is 3.56. The molecule has 0 bridgehead atoms. The molecular weight excluding hydrogens is 215 g/mol. The fraction of sp³-hybridized carbons (Fsp3) is 0.400. The Balaban J connectivity index is 2.56. The van der Waals surface area contributed by atoms with E-state index in [1.54, 1.807) is 0 Å². The van der Waals surface area contributed by atoms with E-state index in [2.05, 4.69) is 10.3 Å². The Morgan fingerprint density at radius 3 is 2.81 bits per heavy atom. The molecule has 0 saturated heterocycles. The van der Waals surface area contributed by atoms with E-state index in [9.17, 15) is 14.3 Å². The molecule has 88 valence electrons. The van der Waals surface area contributed by atoms with E-state index >= 15 is 0 Å². The molecule has 1 amide bonds. The molecule has 1 unspecified atom stereocenters. The van der Waals surface area contributed by atoms with Crippen LogP contribution in [0.15, 0.2) is 18.3 Å². The number of nitrogens with zero attached hydrogens (tertiary/aromatic N) is 1. The predicted octanol–water partition coefficient (Wildman–Crippen LogP) is -0.306. The van der Waals surface area contributed by atoms with Gasteiger partial charge >= 0.3 is 0 Å². The molecule has 0 spiro atoms. The Morgan fingerprint density at radius 2 is 2.31 bits per heavy atom. The Bertz CT molecular complexity index is 365. The number of aliphatic hydroxyl groups is 2. The van der Waals surface area contributed by atoms with Crippen LogP contribution < -0.4 is 5.32 Å². The maximum Gasteiger partial charge on any atom is 0.252 e. The standard InChI is InChI=1S/C10H13FN2O3/c1-10(16,6-14)5-13-9(15)7-2-3-8(11)12-4-7/h2-4,14,16H,5-6H2,1H3,(H,13,15). The van der Waals surface area contributed by atoms with Crippen LogP contribution in [0.25, 0.3) is 0 Å². The van der Waals surface area contributed by atoms with Crippen LogP contribution >= 0.6 is 0 Å². The van der Waals surface area contributed by atoms with Crippen LogP contribution in [0.4, 0.5) is 4.39 Å². The van der Waals surface area contributed by atoms with Crippen LogP contribution in [0.2, 0.25) is 0 Å². The second kappa shape index (κ2) is 5.00. The molecule has 1 heterocycles. The van der Waals surface area contributed by atoms with Gasteiger partial charge in [-0.15, -0.1) is 0 Å². The number of hydrogen-bond acceptors (Lipinski definition) is 4.